The van der Waals surface area contributed by atoms with Crippen LogP contribution < -0.4 is 9.80 Å². The van der Waals surface area contributed by atoms with Crippen LogP contribution in [0.3, 0.4) is 0 Å². The Morgan fingerprint density at radius 2 is 1.92 bits per heavy atom. The number of aryl methyl sites for hydroxylation is 2. The molecule has 0 radical (unpaired) electrons. The van der Waals surface area contributed by atoms with Gasteiger partial charge in [-0.3, -0.25) is 9.63 Å². The lowest BCUT2D eigenvalue weighted by molar-refractivity contribution is 0.0729. The van der Waals surface area contributed by atoms with Gasteiger partial charge in [0.2, 0.25) is 5.95 Å². The third-order valence-electron chi connectivity index (χ3n) is 4.08. The van der Waals surface area contributed by atoms with Crippen LogP contribution in [0.4, 0.5) is 5.95 Å². The number of carbonyl (C=O) groups is 1. The van der Waals surface area contributed by atoms with Crippen LogP contribution in [0.2, 0.25) is 5.02 Å². The van der Waals surface area contributed by atoms with Gasteiger partial charge in [-0.05, 0) is 32.0 Å². The second-order valence-corrected chi connectivity index (χ2v) is 6.38. The van der Waals surface area contributed by atoms with Crippen LogP contribution in [-0.2, 0) is 4.84 Å². The standard InChI is InChI=1S/C18H21ClN4O3/c1-12-11-13(2)21-18(20-12)23-8-7-22(9-10-26-23)17(24)14-5-4-6-15(25-3)16(14)19/h4-6,11H,7-10H2,1-3H3. The predicted octanol–water partition coefficient (Wildman–Crippen LogP) is 2.65. The van der Waals surface area contributed by atoms with Gasteiger partial charge < -0.3 is 9.64 Å². The van der Waals surface area contributed by atoms with Crippen molar-refractivity contribution in [1.82, 2.24) is 14.9 Å². The molecule has 1 saturated heterocycles. The first-order valence-corrected chi connectivity index (χ1v) is 8.72. The number of carbonyl (C=O) groups excluding carboxylic acids is 1. The van der Waals surface area contributed by atoms with Crippen molar-refractivity contribution in [2.75, 3.05) is 38.4 Å². The van der Waals surface area contributed by atoms with E-state index < -0.39 is 0 Å². The van der Waals surface area contributed by atoms with Gasteiger partial charge in [-0.2, -0.15) is 0 Å². The van der Waals surface area contributed by atoms with E-state index in [9.17, 15) is 4.79 Å². The average Bonchev–Trinajstić information content (AvgIpc) is 2.87. The fourth-order valence-electron chi connectivity index (χ4n) is 2.83. The normalized spacial score (nSPS) is 14.9. The number of anilines is 1. The molecule has 1 fully saturated rings. The average molecular weight is 377 g/mol. The lowest BCUT2D eigenvalue weighted by Gasteiger charge is -2.21. The summed E-state index contributed by atoms with van der Waals surface area (Å²) in [4.78, 5) is 29.2. The van der Waals surface area contributed by atoms with E-state index in [1.54, 1.807) is 28.2 Å². The highest BCUT2D eigenvalue weighted by Gasteiger charge is 2.24. The van der Waals surface area contributed by atoms with Crippen molar-refractivity contribution in [3.8, 4) is 5.75 Å². The molecule has 1 aliphatic heterocycles. The van der Waals surface area contributed by atoms with Gasteiger partial charge in [0.15, 0.2) is 0 Å². The summed E-state index contributed by atoms with van der Waals surface area (Å²) in [6.07, 6.45) is 0. The predicted molar refractivity (Wildman–Crippen MR) is 98.7 cm³/mol. The molecule has 0 bridgehead atoms. The fraction of sp³-hybridized carbons (Fsp3) is 0.389. The van der Waals surface area contributed by atoms with Crippen LogP contribution in [0.25, 0.3) is 0 Å². The zero-order valence-electron chi connectivity index (χ0n) is 15.0. The van der Waals surface area contributed by atoms with Crippen molar-refractivity contribution in [2.45, 2.75) is 13.8 Å². The first-order valence-electron chi connectivity index (χ1n) is 8.34. The number of hydrogen-bond acceptors (Lipinski definition) is 6. The molecular weight excluding hydrogens is 356 g/mol. The highest BCUT2D eigenvalue weighted by molar-refractivity contribution is 6.35. The molecule has 2 aromatic rings. The number of methoxy groups -OCH3 is 1. The third-order valence-corrected chi connectivity index (χ3v) is 4.47. The number of amides is 1. The number of rotatable bonds is 3. The van der Waals surface area contributed by atoms with Crippen molar-refractivity contribution in [1.29, 1.82) is 0 Å². The zero-order chi connectivity index (χ0) is 18.7. The number of ether oxygens (including phenoxy) is 1. The van der Waals surface area contributed by atoms with E-state index in [2.05, 4.69) is 9.97 Å². The summed E-state index contributed by atoms with van der Waals surface area (Å²) in [5.74, 6) is 0.839. The lowest BCUT2D eigenvalue weighted by Crippen LogP contribution is -2.36. The van der Waals surface area contributed by atoms with Crippen molar-refractivity contribution >= 4 is 23.5 Å². The largest absolute Gasteiger partial charge is 0.495 e. The molecule has 1 amide bonds. The quantitative estimate of drug-likeness (QED) is 0.820. The van der Waals surface area contributed by atoms with Gasteiger partial charge in [0.05, 0.1) is 30.8 Å². The zero-order valence-corrected chi connectivity index (χ0v) is 15.8. The Balaban J connectivity index is 1.75. The van der Waals surface area contributed by atoms with E-state index in [1.165, 1.54) is 7.11 Å². The van der Waals surface area contributed by atoms with Crippen molar-refractivity contribution in [2.24, 2.45) is 0 Å². The van der Waals surface area contributed by atoms with Crippen molar-refractivity contribution < 1.29 is 14.4 Å². The minimum absolute atomic E-state index is 0.152. The number of halogens is 1. The Morgan fingerprint density at radius 1 is 1.19 bits per heavy atom. The second-order valence-electron chi connectivity index (χ2n) is 6.00. The summed E-state index contributed by atoms with van der Waals surface area (Å²) in [6.45, 7) is 5.57. The molecule has 7 nitrogen and oxygen atoms in total. The molecule has 0 aliphatic carbocycles. The maximum atomic E-state index is 12.9. The SMILES string of the molecule is COc1cccc(C(=O)N2CCON(c3nc(C)cc(C)n3)CC2)c1Cl. The molecule has 3 rings (SSSR count). The van der Waals surface area contributed by atoms with E-state index >= 15 is 0 Å². The molecule has 0 saturated carbocycles. The summed E-state index contributed by atoms with van der Waals surface area (Å²) in [5, 5.41) is 1.96. The Morgan fingerprint density at radius 3 is 2.62 bits per heavy atom. The van der Waals surface area contributed by atoms with Crippen LogP contribution in [0.5, 0.6) is 5.75 Å². The monoisotopic (exact) mass is 376 g/mol. The first-order chi connectivity index (χ1) is 12.5. The second kappa shape index (κ2) is 7.88. The van der Waals surface area contributed by atoms with Gasteiger partial charge >= 0.3 is 0 Å². The number of aromatic nitrogens is 2. The van der Waals surface area contributed by atoms with Crippen LogP contribution in [0, 0.1) is 13.8 Å². The minimum Gasteiger partial charge on any atom is -0.495 e. The Bertz CT molecular complexity index is 795. The Labute approximate surface area is 157 Å². The minimum atomic E-state index is -0.152. The Hall–Kier alpha value is -2.38. The van der Waals surface area contributed by atoms with Crippen LogP contribution in [0.1, 0.15) is 21.7 Å². The molecule has 0 unspecified atom stereocenters. The van der Waals surface area contributed by atoms with E-state index in [0.29, 0.717) is 48.5 Å². The van der Waals surface area contributed by atoms with E-state index in [0.717, 1.165) is 11.4 Å². The molecule has 0 spiro atoms. The van der Waals surface area contributed by atoms with Gasteiger partial charge in [0.1, 0.15) is 5.75 Å². The van der Waals surface area contributed by atoms with Gasteiger partial charge in [0.25, 0.3) is 5.91 Å². The Kier molecular flexibility index (Phi) is 5.58. The smallest absolute Gasteiger partial charge is 0.255 e. The molecular formula is C18H21ClN4O3. The van der Waals surface area contributed by atoms with E-state index in [4.69, 9.17) is 21.2 Å². The molecule has 1 aliphatic rings. The van der Waals surface area contributed by atoms with Gasteiger partial charge in [-0.25, -0.2) is 15.0 Å². The van der Waals surface area contributed by atoms with Crippen molar-refractivity contribution in [3.05, 3.63) is 46.2 Å². The molecule has 8 heteroatoms. The van der Waals surface area contributed by atoms with Crippen molar-refractivity contribution in [3.63, 3.8) is 0 Å². The van der Waals surface area contributed by atoms with Gasteiger partial charge in [-0.1, -0.05) is 17.7 Å². The molecule has 0 N–H and O–H groups in total. The maximum Gasteiger partial charge on any atom is 0.255 e. The number of nitrogens with zero attached hydrogens (tertiary/aromatic N) is 4. The number of hydroxylamine groups is 1. The molecule has 0 atom stereocenters. The maximum absolute atomic E-state index is 12.9. The topological polar surface area (TPSA) is 67.8 Å². The lowest BCUT2D eigenvalue weighted by atomic mass is 10.2. The molecule has 26 heavy (non-hydrogen) atoms. The molecule has 2 heterocycles. The highest BCUT2D eigenvalue weighted by atomic mass is 35.5. The summed E-state index contributed by atoms with van der Waals surface area (Å²) in [6, 6.07) is 7.08. The molecule has 1 aromatic heterocycles. The van der Waals surface area contributed by atoms with Gasteiger partial charge in [0, 0.05) is 24.5 Å². The van der Waals surface area contributed by atoms with Crippen LogP contribution in [-0.4, -0.2) is 54.1 Å². The summed E-state index contributed by atoms with van der Waals surface area (Å²) < 4.78 is 5.19. The fourth-order valence-corrected chi connectivity index (χ4v) is 3.12. The van der Waals surface area contributed by atoms with Gasteiger partial charge in [-0.15, -0.1) is 0 Å². The number of benzene rings is 1. The van der Waals surface area contributed by atoms with Crippen LogP contribution in [0.15, 0.2) is 24.3 Å². The molecule has 138 valence electrons. The summed E-state index contributed by atoms with van der Waals surface area (Å²) in [5.41, 5.74) is 2.16. The first kappa shape index (κ1) is 18.4. The van der Waals surface area contributed by atoms with E-state index in [-0.39, 0.29) is 5.91 Å². The molecule has 1 aromatic carbocycles. The highest BCUT2D eigenvalue weighted by Crippen LogP contribution is 2.28. The summed E-state index contributed by atoms with van der Waals surface area (Å²) in [7, 11) is 1.52. The third kappa shape index (κ3) is 3.89. The summed E-state index contributed by atoms with van der Waals surface area (Å²) >= 11 is 6.29. The van der Waals surface area contributed by atoms with Crippen LogP contribution >= 0.6 is 11.6 Å². The number of hydrogen-bond donors (Lipinski definition) is 0. The van der Waals surface area contributed by atoms with E-state index in [1.807, 2.05) is 19.9 Å².